The van der Waals surface area contributed by atoms with Gasteiger partial charge in [-0.2, -0.15) is 5.26 Å². The van der Waals surface area contributed by atoms with Crippen LogP contribution in [-0.4, -0.2) is 11.1 Å². The SMILES string of the molecule is C#CC(C)Oc1nc(C)ccc1C#N. The van der Waals surface area contributed by atoms with Gasteiger partial charge in [-0.15, -0.1) is 6.42 Å². The highest BCUT2D eigenvalue weighted by atomic mass is 16.5. The predicted molar refractivity (Wildman–Crippen MR) is 52.6 cm³/mol. The van der Waals surface area contributed by atoms with Crippen molar-refractivity contribution in [1.82, 2.24) is 4.98 Å². The molecule has 1 unspecified atom stereocenters. The van der Waals surface area contributed by atoms with Gasteiger partial charge in [-0.25, -0.2) is 4.98 Å². The fraction of sp³-hybridized carbons (Fsp3) is 0.273. The molecule has 0 amide bonds. The molecule has 3 heteroatoms. The maximum Gasteiger partial charge on any atom is 0.233 e. The number of pyridine rings is 1. The Morgan fingerprint density at radius 3 is 2.86 bits per heavy atom. The highest BCUT2D eigenvalue weighted by molar-refractivity contribution is 5.38. The van der Waals surface area contributed by atoms with Crippen molar-refractivity contribution >= 4 is 0 Å². The third kappa shape index (κ3) is 2.24. The number of rotatable bonds is 2. The van der Waals surface area contributed by atoms with Crippen LogP contribution in [0.25, 0.3) is 0 Å². The van der Waals surface area contributed by atoms with Crippen LogP contribution in [0.15, 0.2) is 12.1 Å². The van der Waals surface area contributed by atoms with Gasteiger partial charge in [0.05, 0.1) is 0 Å². The summed E-state index contributed by atoms with van der Waals surface area (Å²) >= 11 is 0. The minimum Gasteiger partial charge on any atom is -0.461 e. The topological polar surface area (TPSA) is 45.9 Å². The molecule has 0 saturated carbocycles. The van der Waals surface area contributed by atoms with Crippen LogP contribution in [0.5, 0.6) is 5.88 Å². The summed E-state index contributed by atoms with van der Waals surface area (Å²) in [5.74, 6) is 2.72. The number of aryl methyl sites for hydroxylation is 1. The molecule has 0 aliphatic heterocycles. The van der Waals surface area contributed by atoms with Gasteiger partial charge < -0.3 is 4.74 Å². The molecule has 0 spiro atoms. The second kappa shape index (κ2) is 4.30. The van der Waals surface area contributed by atoms with E-state index in [0.717, 1.165) is 5.69 Å². The van der Waals surface area contributed by atoms with Crippen molar-refractivity contribution in [2.75, 3.05) is 0 Å². The summed E-state index contributed by atoms with van der Waals surface area (Å²) in [6.07, 6.45) is 4.79. The highest BCUT2D eigenvalue weighted by Crippen LogP contribution is 2.15. The van der Waals surface area contributed by atoms with Crippen LogP contribution in [0.4, 0.5) is 0 Å². The maximum atomic E-state index is 8.77. The molecule has 1 rings (SSSR count). The predicted octanol–water partition coefficient (Wildman–Crippen LogP) is 1.66. The Kier molecular flexibility index (Phi) is 3.09. The molecule has 1 heterocycles. The van der Waals surface area contributed by atoms with Gasteiger partial charge in [0.25, 0.3) is 0 Å². The standard InChI is InChI=1S/C11H10N2O/c1-4-9(3)14-11-10(7-12)6-5-8(2)13-11/h1,5-6,9H,2-3H3. The van der Waals surface area contributed by atoms with E-state index in [1.807, 2.05) is 13.0 Å². The molecule has 0 N–H and O–H groups in total. The van der Waals surface area contributed by atoms with Gasteiger partial charge >= 0.3 is 0 Å². The molecule has 1 aromatic heterocycles. The minimum absolute atomic E-state index is 0.304. The average Bonchev–Trinajstić information content (AvgIpc) is 2.18. The third-order valence-electron chi connectivity index (χ3n) is 1.64. The summed E-state index contributed by atoms with van der Waals surface area (Å²) in [5, 5.41) is 8.77. The first-order chi connectivity index (χ1) is 6.67. The van der Waals surface area contributed by atoms with Crippen molar-refractivity contribution in [2.24, 2.45) is 0 Å². The van der Waals surface area contributed by atoms with E-state index in [1.54, 1.807) is 19.1 Å². The van der Waals surface area contributed by atoms with E-state index in [1.165, 1.54) is 0 Å². The molecule has 0 bridgehead atoms. The second-order valence-corrected chi connectivity index (χ2v) is 2.84. The number of hydrogen-bond acceptors (Lipinski definition) is 3. The van der Waals surface area contributed by atoms with Crippen LogP contribution in [0.3, 0.4) is 0 Å². The number of hydrogen-bond donors (Lipinski definition) is 0. The van der Waals surface area contributed by atoms with E-state index in [-0.39, 0.29) is 6.10 Å². The summed E-state index contributed by atoms with van der Waals surface area (Å²) in [6.45, 7) is 3.56. The lowest BCUT2D eigenvalue weighted by atomic mass is 10.2. The molecule has 70 valence electrons. The molecular formula is C11H10N2O. The molecule has 3 nitrogen and oxygen atoms in total. The van der Waals surface area contributed by atoms with Crippen molar-refractivity contribution < 1.29 is 4.74 Å². The molecular weight excluding hydrogens is 176 g/mol. The van der Waals surface area contributed by atoms with E-state index in [2.05, 4.69) is 10.9 Å². The minimum atomic E-state index is -0.378. The normalized spacial score (nSPS) is 11.1. The first kappa shape index (κ1) is 10.1. The zero-order valence-electron chi connectivity index (χ0n) is 8.11. The summed E-state index contributed by atoms with van der Waals surface area (Å²) in [7, 11) is 0. The Hall–Kier alpha value is -2.00. The number of nitriles is 1. The van der Waals surface area contributed by atoms with E-state index in [9.17, 15) is 0 Å². The molecule has 0 aliphatic rings. The number of ether oxygens (including phenoxy) is 1. The van der Waals surface area contributed by atoms with Crippen molar-refractivity contribution in [3.63, 3.8) is 0 Å². The molecule has 0 aromatic carbocycles. The monoisotopic (exact) mass is 186 g/mol. The first-order valence-electron chi connectivity index (χ1n) is 4.18. The van der Waals surface area contributed by atoms with E-state index in [4.69, 9.17) is 16.4 Å². The van der Waals surface area contributed by atoms with Gasteiger partial charge in [0.1, 0.15) is 11.6 Å². The highest BCUT2D eigenvalue weighted by Gasteiger charge is 2.07. The molecule has 1 atom stereocenters. The summed E-state index contributed by atoms with van der Waals surface area (Å²) < 4.78 is 5.30. The van der Waals surface area contributed by atoms with Crippen LogP contribution in [0.2, 0.25) is 0 Å². The van der Waals surface area contributed by atoms with Gasteiger partial charge in [0.2, 0.25) is 5.88 Å². The summed E-state index contributed by atoms with van der Waals surface area (Å²) in [5.41, 5.74) is 1.20. The molecule has 0 radical (unpaired) electrons. The van der Waals surface area contributed by atoms with Crippen molar-refractivity contribution in [3.8, 4) is 24.3 Å². The fourth-order valence-electron chi connectivity index (χ4n) is 0.909. The Bertz CT molecular complexity index is 412. The number of nitrogens with zero attached hydrogens (tertiary/aromatic N) is 2. The van der Waals surface area contributed by atoms with Crippen LogP contribution in [-0.2, 0) is 0 Å². The lowest BCUT2D eigenvalue weighted by Crippen LogP contribution is -2.10. The molecule has 1 aromatic rings. The van der Waals surface area contributed by atoms with Gasteiger partial charge in [-0.1, -0.05) is 5.92 Å². The Morgan fingerprint density at radius 1 is 1.57 bits per heavy atom. The molecule has 0 fully saturated rings. The van der Waals surface area contributed by atoms with Crippen LogP contribution >= 0.6 is 0 Å². The van der Waals surface area contributed by atoms with Gasteiger partial charge in [0, 0.05) is 5.69 Å². The van der Waals surface area contributed by atoms with E-state index >= 15 is 0 Å². The second-order valence-electron chi connectivity index (χ2n) is 2.84. The quantitative estimate of drug-likeness (QED) is 0.660. The first-order valence-corrected chi connectivity index (χ1v) is 4.18. The van der Waals surface area contributed by atoms with Gasteiger partial charge in [0.15, 0.2) is 6.10 Å². The zero-order chi connectivity index (χ0) is 10.6. The average molecular weight is 186 g/mol. The summed E-state index contributed by atoms with van der Waals surface area (Å²) in [6, 6.07) is 5.42. The van der Waals surface area contributed by atoms with E-state index in [0.29, 0.717) is 11.4 Å². The molecule has 14 heavy (non-hydrogen) atoms. The van der Waals surface area contributed by atoms with Crippen LogP contribution in [0, 0.1) is 30.6 Å². The fourth-order valence-corrected chi connectivity index (χ4v) is 0.909. The van der Waals surface area contributed by atoms with Gasteiger partial charge in [-0.3, -0.25) is 0 Å². The van der Waals surface area contributed by atoms with Crippen LogP contribution in [0.1, 0.15) is 18.2 Å². The Morgan fingerprint density at radius 2 is 2.29 bits per heavy atom. The zero-order valence-corrected chi connectivity index (χ0v) is 8.11. The van der Waals surface area contributed by atoms with Crippen molar-refractivity contribution in [1.29, 1.82) is 5.26 Å². The number of terminal acetylenes is 1. The smallest absolute Gasteiger partial charge is 0.233 e. The molecule has 0 aliphatic carbocycles. The lowest BCUT2D eigenvalue weighted by Gasteiger charge is -2.09. The molecule has 0 saturated heterocycles. The lowest BCUT2D eigenvalue weighted by molar-refractivity contribution is 0.266. The third-order valence-corrected chi connectivity index (χ3v) is 1.64. The Balaban J connectivity index is 3.02. The van der Waals surface area contributed by atoms with Gasteiger partial charge in [-0.05, 0) is 26.0 Å². The van der Waals surface area contributed by atoms with Crippen molar-refractivity contribution in [3.05, 3.63) is 23.4 Å². The number of aromatic nitrogens is 1. The maximum absolute atomic E-state index is 8.77. The Labute approximate surface area is 83.3 Å². The summed E-state index contributed by atoms with van der Waals surface area (Å²) in [4.78, 5) is 4.09. The largest absolute Gasteiger partial charge is 0.461 e. The van der Waals surface area contributed by atoms with Crippen molar-refractivity contribution in [2.45, 2.75) is 20.0 Å². The van der Waals surface area contributed by atoms with Crippen LogP contribution < -0.4 is 4.74 Å². The van der Waals surface area contributed by atoms with E-state index < -0.39 is 0 Å².